The molecule has 0 amide bonds. The quantitative estimate of drug-likeness (QED) is 0.459. The van der Waals surface area contributed by atoms with Crippen LogP contribution in [0.2, 0.25) is 0 Å². The number of aromatic nitrogens is 1. The van der Waals surface area contributed by atoms with Gasteiger partial charge in [-0.15, -0.1) is 0 Å². The Hall–Kier alpha value is -2.20. The minimum absolute atomic E-state index is 0.966. The first-order valence-corrected chi connectivity index (χ1v) is 12.3. The largest absolute Gasteiger partial charge is 0.304 e. The number of hydrazine groups is 1. The first-order chi connectivity index (χ1) is 15.2. The lowest BCUT2D eigenvalue weighted by Crippen LogP contribution is -2.57. The molecule has 2 aliphatic rings. The van der Waals surface area contributed by atoms with E-state index >= 15 is 0 Å². The number of benzene rings is 1. The highest BCUT2D eigenvalue weighted by molar-refractivity contribution is 6.02. The lowest BCUT2D eigenvalue weighted by Gasteiger charge is -2.45. The Morgan fingerprint density at radius 2 is 1.90 bits per heavy atom. The summed E-state index contributed by atoms with van der Waals surface area (Å²) in [4.78, 5) is 9.14. The fourth-order valence-corrected chi connectivity index (χ4v) is 4.82. The number of aliphatic imine (C=N–C) groups is 1. The van der Waals surface area contributed by atoms with Gasteiger partial charge < -0.3 is 5.01 Å². The fraction of sp³-hybridized carbons (Fsp3) is 0.556. The molecule has 4 heteroatoms. The fourth-order valence-electron chi connectivity index (χ4n) is 4.82. The molecular weight excluding hydrogens is 380 g/mol. The number of hydrogen-bond donors (Lipinski definition) is 0. The molecule has 1 aromatic heterocycles. The van der Waals surface area contributed by atoms with Crippen molar-refractivity contribution in [3.8, 4) is 0 Å². The van der Waals surface area contributed by atoms with Crippen molar-refractivity contribution in [1.29, 1.82) is 0 Å². The van der Waals surface area contributed by atoms with Crippen molar-refractivity contribution in [2.24, 2.45) is 4.99 Å². The van der Waals surface area contributed by atoms with Gasteiger partial charge in [0, 0.05) is 43.8 Å². The molecule has 2 aromatic rings. The predicted molar refractivity (Wildman–Crippen MR) is 131 cm³/mol. The molecule has 0 atom stereocenters. The van der Waals surface area contributed by atoms with E-state index in [0.717, 1.165) is 31.6 Å². The summed E-state index contributed by atoms with van der Waals surface area (Å²) in [7, 11) is 0. The molecule has 1 aromatic carbocycles. The minimum Gasteiger partial charge on any atom is -0.304 e. The van der Waals surface area contributed by atoms with E-state index in [4.69, 9.17) is 4.99 Å². The van der Waals surface area contributed by atoms with E-state index in [2.05, 4.69) is 59.2 Å². The summed E-state index contributed by atoms with van der Waals surface area (Å²) >= 11 is 0. The van der Waals surface area contributed by atoms with Gasteiger partial charge in [0.2, 0.25) is 0 Å². The van der Waals surface area contributed by atoms with Crippen LogP contribution < -0.4 is 5.01 Å². The Labute approximate surface area is 188 Å². The monoisotopic (exact) mass is 418 g/mol. The maximum atomic E-state index is 4.83. The number of anilines is 1. The lowest BCUT2D eigenvalue weighted by molar-refractivity contribution is 0.167. The molecule has 31 heavy (non-hydrogen) atoms. The van der Waals surface area contributed by atoms with Crippen molar-refractivity contribution in [2.45, 2.75) is 71.6 Å². The Kier molecular flexibility index (Phi) is 7.74. The summed E-state index contributed by atoms with van der Waals surface area (Å²) in [6, 6.07) is 11.5. The SMILES string of the molecule is CCC/N=C1\CCCc2cc(CCCCCCN3CCN3c3ccnc(C)c3)ccc21. The molecular formula is C27H38N4. The van der Waals surface area contributed by atoms with Crippen LogP contribution >= 0.6 is 0 Å². The average Bonchev–Trinajstić information content (AvgIpc) is 2.76. The highest BCUT2D eigenvalue weighted by atomic mass is 15.7. The molecule has 1 aliphatic heterocycles. The normalized spacial score (nSPS) is 17.6. The molecule has 1 saturated heterocycles. The Morgan fingerprint density at radius 3 is 2.71 bits per heavy atom. The van der Waals surface area contributed by atoms with E-state index in [1.54, 1.807) is 0 Å². The maximum Gasteiger partial charge on any atom is 0.0556 e. The van der Waals surface area contributed by atoms with Gasteiger partial charge in [-0.3, -0.25) is 9.98 Å². The summed E-state index contributed by atoms with van der Waals surface area (Å²) < 4.78 is 0. The van der Waals surface area contributed by atoms with Gasteiger partial charge in [0.25, 0.3) is 0 Å². The molecule has 1 aliphatic carbocycles. The number of pyridine rings is 1. The highest BCUT2D eigenvalue weighted by Gasteiger charge is 2.24. The summed E-state index contributed by atoms with van der Waals surface area (Å²) in [6.07, 6.45) is 13.1. The van der Waals surface area contributed by atoms with Crippen molar-refractivity contribution in [2.75, 3.05) is 31.2 Å². The van der Waals surface area contributed by atoms with Crippen molar-refractivity contribution in [3.05, 3.63) is 58.9 Å². The van der Waals surface area contributed by atoms with Crippen LogP contribution in [0.25, 0.3) is 0 Å². The summed E-state index contributed by atoms with van der Waals surface area (Å²) in [6.45, 7) is 8.72. The zero-order chi connectivity index (χ0) is 21.5. The van der Waals surface area contributed by atoms with Gasteiger partial charge in [0.1, 0.15) is 0 Å². The molecule has 166 valence electrons. The smallest absolute Gasteiger partial charge is 0.0556 e. The number of unbranched alkanes of at least 4 members (excludes halogenated alkanes) is 3. The van der Waals surface area contributed by atoms with E-state index in [0.29, 0.717) is 0 Å². The van der Waals surface area contributed by atoms with Crippen LogP contribution in [0.1, 0.15) is 74.3 Å². The number of hydrogen-bond acceptors (Lipinski definition) is 4. The van der Waals surface area contributed by atoms with Crippen LogP contribution in [0.5, 0.6) is 0 Å². The van der Waals surface area contributed by atoms with Crippen molar-refractivity contribution in [3.63, 3.8) is 0 Å². The van der Waals surface area contributed by atoms with Gasteiger partial charge in [-0.1, -0.05) is 38.0 Å². The second kappa shape index (κ2) is 10.9. The van der Waals surface area contributed by atoms with Crippen molar-refractivity contribution in [1.82, 2.24) is 9.99 Å². The zero-order valence-corrected chi connectivity index (χ0v) is 19.4. The molecule has 4 rings (SSSR count). The van der Waals surface area contributed by atoms with Crippen LogP contribution in [-0.4, -0.2) is 41.9 Å². The predicted octanol–water partition coefficient (Wildman–Crippen LogP) is 5.77. The third-order valence-electron chi connectivity index (χ3n) is 6.59. The van der Waals surface area contributed by atoms with Crippen molar-refractivity contribution >= 4 is 11.4 Å². The second-order valence-corrected chi connectivity index (χ2v) is 9.07. The number of rotatable bonds is 10. The van der Waals surface area contributed by atoms with Gasteiger partial charge in [-0.2, -0.15) is 0 Å². The van der Waals surface area contributed by atoms with Crippen LogP contribution in [0.4, 0.5) is 5.69 Å². The Bertz CT molecular complexity index is 889. The van der Waals surface area contributed by atoms with E-state index in [9.17, 15) is 0 Å². The van der Waals surface area contributed by atoms with Gasteiger partial charge in [0.05, 0.1) is 5.69 Å². The maximum absolute atomic E-state index is 4.83. The molecule has 0 saturated carbocycles. The average molecular weight is 419 g/mol. The summed E-state index contributed by atoms with van der Waals surface area (Å²) in [5, 5.41) is 4.88. The molecule has 0 radical (unpaired) electrons. The van der Waals surface area contributed by atoms with E-state index in [-0.39, 0.29) is 0 Å². The molecule has 2 heterocycles. The third kappa shape index (κ3) is 5.74. The standard InChI is InChI=1S/C27H38N4/c1-3-15-29-27-11-8-10-24-21-23(12-13-26(24)27)9-6-4-5-7-17-30-18-19-31(30)25-14-16-28-22(2)20-25/h12-14,16,20-21H,3-11,15,17-19H2,1-2H3/b29-27+. The first-order valence-electron chi connectivity index (χ1n) is 12.3. The van der Waals surface area contributed by atoms with E-state index < -0.39 is 0 Å². The number of fused-ring (bicyclic) bond motifs is 1. The molecule has 0 N–H and O–H groups in total. The minimum atomic E-state index is 0.966. The molecule has 0 spiro atoms. The van der Waals surface area contributed by atoms with Crippen LogP contribution in [0.15, 0.2) is 41.5 Å². The molecule has 0 bridgehead atoms. The van der Waals surface area contributed by atoms with E-state index in [1.807, 2.05) is 6.20 Å². The van der Waals surface area contributed by atoms with Gasteiger partial charge in [-0.25, -0.2) is 5.01 Å². The van der Waals surface area contributed by atoms with Gasteiger partial charge >= 0.3 is 0 Å². The third-order valence-corrected chi connectivity index (χ3v) is 6.59. The first kappa shape index (κ1) is 22.0. The number of aryl methyl sites for hydroxylation is 3. The lowest BCUT2D eigenvalue weighted by atomic mass is 9.88. The second-order valence-electron chi connectivity index (χ2n) is 9.07. The van der Waals surface area contributed by atoms with Gasteiger partial charge in [-0.05, 0) is 80.7 Å². The topological polar surface area (TPSA) is 31.7 Å². The zero-order valence-electron chi connectivity index (χ0n) is 19.4. The Morgan fingerprint density at radius 1 is 1.00 bits per heavy atom. The summed E-state index contributed by atoms with van der Waals surface area (Å²) in [5.41, 5.74) is 8.19. The molecule has 1 fully saturated rings. The molecule has 4 nitrogen and oxygen atoms in total. The van der Waals surface area contributed by atoms with Crippen LogP contribution in [0, 0.1) is 6.92 Å². The van der Waals surface area contributed by atoms with Crippen LogP contribution in [-0.2, 0) is 12.8 Å². The van der Waals surface area contributed by atoms with E-state index in [1.165, 1.54) is 86.1 Å². The number of nitrogens with zero attached hydrogens (tertiary/aromatic N) is 4. The van der Waals surface area contributed by atoms with Crippen LogP contribution in [0.3, 0.4) is 0 Å². The molecule has 0 unspecified atom stereocenters. The van der Waals surface area contributed by atoms with Crippen molar-refractivity contribution < 1.29 is 0 Å². The van der Waals surface area contributed by atoms with Gasteiger partial charge in [0.15, 0.2) is 0 Å². The highest BCUT2D eigenvalue weighted by Crippen LogP contribution is 2.25. The Balaban J connectivity index is 1.17. The summed E-state index contributed by atoms with van der Waals surface area (Å²) in [5.74, 6) is 0.